The topological polar surface area (TPSA) is 122 Å². The van der Waals surface area contributed by atoms with Gasteiger partial charge in [0.05, 0.1) is 6.10 Å². The number of hydrogen-bond donors (Lipinski definition) is 3. The first-order chi connectivity index (χ1) is 23.3. The smallest absolute Gasteiger partial charge is 0.396 e. The average Bonchev–Trinajstić information content (AvgIpc) is 3.14. The molecule has 0 aromatic heterocycles. The van der Waals surface area contributed by atoms with Gasteiger partial charge in [-0.05, 0) is 34.5 Å². The minimum atomic E-state index is -3.34. The summed E-state index contributed by atoms with van der Waals surface area (Å²) in [5.74, 6) is -2.76. The predicted octanol–water partition coefficient (Wildman–Crippen LogP) is 3.05. The molecule has 1 fully saturated rings. The van der Waals surface area contributed by atoms with Gasteiger partial charge in [0.25, 0.3) is 5.42 Å². The van der Waals surface area contributed by atoms with Crippen molar-refractivity contribution in [3.8, 4) is 5.75 Å². The van der Waals surface area contributed by atoms with Crippen LogP contribution in [0.15, 0.2) is 134 Å². The molecule has 9 nitrogen and oxygen atoms in total. The van der Waals surface area contributed by atoms with Crippen LogP contribution in [0.4, 0.5) is 0 Å². The normalized spacial score (nSPS) is 18.5. The van der Waals surface area contributed by atoms with E-state index in [9.17, 15) is 24.6 Å². The molecule has 4 aromatic rings. The molecule has 5 rings (SSSR count). The second-order valence-corrected chi connectivity index (χ2v) is 14.7. The van der Waals surface area contributed by atoms with E-state index >= 15 is 0 Å². The number of carbonyl (C=O) groups excluding carboxylic acids is 3. The number of benzene rings is 4. The number of nitrogens with zero attached hydrogens (tertiary/aromatic N) is 1. The van der Waals surface area contributed by atoms with Gasteiger partial charge in [0.15, 0.2) is 12.5 Å². The highest BCUT2D eigenvalue weighted by Gasteiger charge is 2.67. The molecule has 0 aliphatic carbocycles. The number of esters is 1. The van der Waals surface area contributed by atoms with Crippen LogP contribution in [-0.2, 0) is 19.1 Å². The van der Waals surface area contributed by atoms with Crippen molar-refractivity contribution in [2.45, 2.75) is 25.6 Å². The number of para-hydroxylation sites is 1. The van der Waals surface area contributed by atoms with Crippen LogP contribution < -0.4 is 26.1 Å². The Balaban J connectivity index is 1.85. The van der Waals surface area contributed by atoms with Crippen molar-refractivity contribution in [3.63, 3.8) is 0 Å². The summed E-state index contributed by atoms with van der Waals surface area (Å²) in [6, 6.07) is 37.0. The zero-order valence-electron chi connectivity index (χ0n) is 26.7. The molecule has 10 heteroatoms. The Morgan fingerprint density at radius 2 is 1.35 bits per heavy atom. The quantitative estimate of drug-likeness (QED) is 0.0622. The van der Waals surface area contributed by atoms with E-state index < -0.39 is 54.0 Å². The maximum absolute atomic E-state index is 14.7. The number of rotatable bonds is 14. The Hall–Kier alpha value is -4.79. The second-order valence-electron chi connectivity index (χ2n) is 11.4. The zero-order valence-corrected chi connectivity index (χ0v) is 27.6. The van der Waals surface area contributed by atoms with E-state index in [0.717, 1.165) is 15.9 Å². The van der Waals surface area contributed by atoms with Crippen LogP contribution in [0.1, 0.15) is 13.3 Å². The number of ether oxygens (including phenoxy) is 2. The first kappa shape index (κ1) is 34.5. The van der Waals surface area contributed by atoms with Crippen molar-refractivity contribution in [1.82, 2.24) is 5.43 Å². The highest BCUT2D eigenvalue weighted by atomic mass is 31.2. The number of amides is 2. The molecule has 48 heavy (non-hydrogen) atoms. The predicted molar refractivity (Wildman–Crippen MR) is 187 cm³/mol. The molecule has 1 aliphatic heterocycles. The van der Waals surface area contributed by atoms with E-state index in [1.807, 2.05) is 97.1 Å². The number of aliphatic hydroxyl groups excluding tert-OH is 2. The van der Waals surface area contributed by atoms with E-state index in [1.54, 1.807) is 31.2 Å². The maximum atomic E-state index is 14.7. The third-order valence-corrected chi connectivity index (χ3v) is 12.8. The summed E-state index contributed by atoms with van der Waals surface area (Å²) in [6.07, 6.45) is -0.974. The van der Waals surface area contributed by atoms with E-state index in [-0.39, 0.29) is 25.0 Å². The molecule has 3 unspecified atom stereocenters. The lowest BCUT2D eigenvalue weighted by Crippen LogP contribution is -2.81. The van der Waals surface area contributed by atoms with Gasteiger partial charge < -0.3 is 19.7 Å². The van der Waals surface area contributed by atoms with Crippen molar-refractivity contribution in [2.75, 3.05) is 19.8 Å². The van der Waals surface area contributed by atoms with Gasteiger partial charge in [-0.15, -0.1) is 4.59 Å². The van der Waals surface area contributed by atoms with Crippen LogP contribution in [0, 0.1) is 5.92 Å². The Morgan fingerprint density at radius 1 is 0.875 bits per heavy atom. The van der Waals surface area contributed by atoms with Gasteiger partial charge in [-0.3, -0.25) is 4.79 Å². The summed E-state index contributed by atoms with van der Waals surface area (Å²) in [5.41, 5.74) is 2.86. The van der Waals surface area contributed by atoms with E-state index in [2.05, 4.69) is 12.0 Å². The summed E-state index contributed by atoms with van der Waals surface area (Å²) in [5, 5.41) is 23.9. The molecular formula is C38H40N2O7P+. The van der Waals surface area contributed by atoms with Crippen LogP contribution in [0.25, 0.3) is 0 Å². The van der Waals surface area contributed by atoms with E-state index in [4.69, 9.17) is 9.47 Å². The fourth-order valence-electron chi connectivity index (χ4n) is 6.17. The summed E-state index contributed by atoms with van der Waals surface area (Å²) < 4.78 is 10.6. The number of aliphatic hydroxyl groups is 2. The highest BCUT2D eigenvalue weighted by molar-refractivity contribution is 7.96. The van der Waals surface area contributed by atoms with Crippen LogP contribution in [0.5, 0.6) is 5.75 Å². The zero-order chi connectivity index (χ0) is 34.1. The van der Waals surface area contributed by atoms with Gasteiger partial charge in [0.1, 0.15) is 25.0 Å². The molecule has 0 radical (unpaired) electrons. The van der Waals surface area contributed by atoms with Gasteiger partial charge in [-0.25, -0.2) is 9.59 Å². The van der Waals surface area contributed by atoms with Gasteiger partial charge >= 0.3 is 17.8 Å². The third-order valence-electron chi connectivity index (χ3n) is 8.44. The van der Waals surface area contributed by atoms with Crippen molar-refractivity contribution < 1.29 is 38.7 Å². The molecular weight excluding hydrogens is 627 g/mol. The molecule has 1 saturated heterocycles. The van der Waals surface area contributed by atoms with Gasteiger partial charge in [0.2, 0.25) is 0 Å². The lowest BCUT2D eigenvalue weighted by atomic mass is 9.87. The van der Waals surface area contributed by atoms with Crippen LogP contribution in [-0.4, -0.2) is 70.0 Å². The number of β-lactam (4-membered cyclic amide) rings is 1. The first-order valence-electron chi connectivity index (χ1n) is 15.8. The van der Waals surface area contributed by atoms with Gasteiger partial charge in [-0.2, -0.15) is 5.43 Å². The van der Waals surface area contributed by atoms with Gasteiger partial charge in [-0.1, -0.05) is 129 Å². The Labute approximate surface area is 280 Å². The lowest BCUT2D eigenvalue weighted by molar-refractivity contribution is -0.836. The van der Waals surface area contributed by atoms with Crippen molar-refractivity contribution in [2.24, 2.45) is 5.92 Å². The van der Waals surface area contributed by atoms with E-state index in [1.165, 1.54) is 6.08 Å². The number of likely N-dealkylation sites (tertiary alicyclic amines) is 1. The monoisotopic (exact) mass is 667 g/mol. The van der Waals surface area contributed by atoms with Crippen molar-refractivity contribution in [1.29, 1.82) is 0 Å². The summed E-state index contributed by atoms with van der Waals surface area (Å²) in [7, 11) is 0. The molecule has 4 atom stereocenters. The van der Waals surface area contributed by atoms with Crippen molar-refractivity contribution in [3.05, 3.63) is 134 Å². The Morgan fingerprint density at radius 3 is 1.79 bits per heavy atom. The molecule has 0 bridgehead atoms. The summed E-state index contributed by atoms with van der Waals surface area (Å²) >= 11 is 0. The first-order valence-corrected chi connectivity index (χ1v) is 17.6. The SMILES string of the molecule is C=CCOC(=O)C([N+]1(NC(=O)COc2ccccc2)C[C@@H](C(O)C(O)CC)C1=O)=P(c1ccccc1)(c1ccccc1)c1ccccc1. The number of nitrogens with one attached hydrogen (secondary N) is 1. The van der Waals surface area contributed by atoms with Crippen molar-refractivity contribution >= 4 is 46.0 Å². The Kier molecular flexibility index (Phi) is 11.1. The van der Waals surface area contributed by atoms with E-state index in [0.29, 0.717) is 5.75 Å². The van der Waals surface area contributed by atoms with Crippen LogP contribution in [0.3, 0.4) is 0 Å². The largest absolute Gasteiger partial charge is 0.484 e. The molecule has 2 amide bonds. The summed E-state index contributed by atoms with van der Waals surface area (Å²) in [6.45, 7) is 1.25. The van der Waals surface area contributed by atoms with Crippen LogP contribution in [0.2, 0.25) is 0 Å². The highest BCUT2D eigenvalue weighted by Crippen LogP contribution is 2.50. The minimum absolute atomic E-state index is 0.000416. The number of hydrogen-bond acceptors (Lipinski definition) is 7. The third kappa shape index (κ3) is 6.64. The standard InChI is InChI=1S/C38H39N2O7P/c1-3-25-46-38(45)37(48(29-19-11-6-12-20-29,30-21-13-7-14-22-30)31-23-15-8-16-24-31)40(26-32(36(40)44)35(43)33(41)4-2)39-34(42)27-47-28-17-9-5-10-18-28/h3,5-24,32-33,35,41,43H,1,4,25-27H2,2H3/p+1/t32-,33?,35?,40?/m0/s1. The fraction of sp³-hybridized carbons (Fsp3) is 0.211. The minimum Gasteiger partial charge on any atom is -0.484 e. The second kappa shape index (κ2) is 15.4. The molecule has 0 saturated carbocycles. The molecule has 3 N–H and O–H groups in total. The Bertz CT molecular complexity index is 1680. The van der Waals surface area contributed by atoms with Gasteiger partial charge in [0, 0.05) is 6.89 Å². The average molecular weight is 668 g/mol. The molecule has 1 heterocycles. The lowest BCUT2D eigenvalue weighted by Gasteiger charge is -2.49. The fourth-order valence-corrected chi connectivity index (χ4v) is 10.7. The maximum Gasteiger partial charge on any atom is 0.396 e. The van der Waals surface area contributed by atoms with Crippen LogP contribution >= 0.6 is 6.89 Å². The molecule has 4 aromatic carbocycles. The molecule has 1 aliphatic rings. The molecule has 0 spiro atoms. The molecule has 248 valence electrons. The summed E-state index contributed by atoms with van der Waals surface area (Å²) in [4.78, 5) is 43.3. The number of carbonyl (C=O) groups is 3. The number of quaternary nitrogens is 1.